The van der Waals surface area contributed by atoms with Gasteiger partial charge in [-0.1, -0.05) is 12.1 Å². The number of para-hydroxylation sites is 1. The standard InChI is InChI=1S/C16H17N3OS/c1-12(19(2)10-13-7-8-21-11-13)16(20)18-15-6-4-3-5-14(15)9-17/h3-8,11-12H,10H2,1-2H3,(H,18,20)/t12-/m1/s1. The number of amides is 1. The first-order valence-electron chi connectivity index (χ1n) is 6.63. The predicted molar refractivity (Wildman–Crippen MR) is 85.0 cm³/mol. The molecule has 0 aliphatic heterocycles. The monoisotopic (exact) mass is 299 g/mol. The van der Waals surface area contributed by atoms with Gasteiger partial charge in [-0.05, 0) is 48.5 Å². The third-order valence-electron chi connectivity index (χ3n) is 3.36. The number of likely N-dealkylation sites (N-methyl/N-ethyl adjacent to an activating group) is 1. The van der Waals surface area contributed by atoms with Crippen LogP contribution >= 0.6 is 11.3 Å². The van der Waals surface area contributed by atoms with E-state index < -0.39 is 0 Å². The maximum atomic E-state index is 12.3. The van der Waals surface area contributed by atoms with Gasteiger partial charge in [-0.15, -0.1) is 0 Å². The predicted octanol–water partition coefficient (Wildman–Crippen LogP) is 3.08. The zero-order chi connectivity index (χ0) is 15.2. The van der Waals surface area contributed by atoms with Crippen molar-refractivity contribution < 1.29 is 4.79 Å². The first kappa shape index (κ1) is 15.2. The van der Waals surface area contributed by atoms with Crippen molar-refractivity contribution in [3.05, 3.63) is 52.2 Å². The number of nitrogens with zero attached hydrogens (tertiary/aromatic N) is 2. The lowest BCUT2D eigenvalue weighted by molar-refractivity contribution is -0.120. The van der Waals surface area contributed by atoms with Crippen molar-refractivity contribution >= 4 is 22.9 Å². The summed E-state index contributed by atoms with van der Waals surface area (Å²) in [5.41, 5.74) is 2.22. The van der Waals surface area contributed by atoms with Crippen LogP contribution in [0.4, 0.5) is 5.69 Å². The van der Waals surface area contributed by atoms with Gasteiger partial charge in [0.2, 0.25) is 5.91 Å². The number of rotatable bonds is 5. The lowest BCUT2D eigenvalue weighted by atomic mass is 10.1. The molecule has 1 heterocycles. The zero-order valence-corrected chi connectivity index (χ0v) is 12.9. The third kappa shape index (κ3) is 3.91. The fourth-order valence-corrected chi connectivity index (χ4v) is 2.59. The van der Waals surface area contributed by atoms with Crippen LogP contribution in [-0.2, 0) is 11.3 Å². The number of benzene rings is 1. The number of nitriles is 1. The van der Waals surface area contributed by atoms with Crippen LogP contribution in [0.3, 0.4) is 0 Å². The van der Waals surface area contributed by atoms with Gasteiger partial charge in [0.25, 0.3) is 0 Å². The van der Waals surface area contributed by atoms with Crippen molar-refractivity contribution in [3.8, 4) is 6.07 Å². The van der Waals surface area contributed by atoms with Crippen LogP contribution in [0.2, 0.25) is 0 Å². The van der Waals surface area contributed by atoms with E-state index in [0.717, 1.165) is 6.54 Å². The van der Waals surface area contributed by atoms with Gasteiger partial charge in [0, 0.05) is 6.54 Å². The summed E-state index contributed by atoms with van der Waals surface area (Å²) in [7, 11) is 1.91. The highest BCUT2D eigenvalue weighted by atomic mass is 32.1. The Morgan fingerprint density at radius 2 is 2.19 bits per heavy atom. The Morgan fingerprint density at radius 1 is 1.43 bits per heavy atom. The van der Waals surface area contributed by atoms with Crippen LogP contribution in [0, 0.1) is 11.3 Å². The van der Waals surface area contributed by atoms with E-state index in [-0.39, 0.29) is 11.9 Å². The fraction of sp³-hybridized carbons (Fsp3) is 0.250. The second kappa shape index (κ2) is 7.02. The van der Waals surface area contributed by atoms with Crippen LogP contribution in [0.15, 0.2) is 41.1 Å². The van der Waals surface area contributed by atoms with E-state index in [4.69, 9.17) is 5.26 Å². The molecule has 0 unspecified atom stereocenters. The van der Waals surface area contributed by atoms with Crippen LogP contribution < -0.4 is 5.32 Å². The van der Waals surface area contributed by atoms with Crippen molar-refractivity contribution in [2.45, 2.75) is 19.5 Å². The van der Waals surface area contributed by atoms with Crippen molar-refractivity contribution in [2.24, 2.45) is 0 Å². The number of anilines is 1. The van der Waals surface area contributed by atoms with Gasteiger partial charge in [0.15, 0.2) is 0 Å². The Morgan fingerprint density at radius 3 is 2.86 bits per heavy atom. The molecule has 0 saturated heterocycles. The largest absolute Gasteiger partial charge is 0.324 e. The van der Waals surface area contributed by atoms with E-state index in [1.807, 2.05) is 24.3 Å². The topological polar surface area (TPSA) is 56.1 Å². The summed E-state index contributed by atoms with van der Waals surface area (Å²) < 4.78 is 0. The van der Waals surface area contributed by atoms with Crippen LogP contribution in [0.25, 0.3) is 0 Å². The maximum absolute atomic E-state index is 12.3. The molecule has 0 saturated carbocycles. The highest BCUT2D eigenvalue weighted by Crippen LogP contribution is 2.15. The molecule has 4 nitrogen and oxygen atoms in total. The first-order chi connectivity index (χ1) is 10.1. The zero-order valence-electron chi connectivity index (χ0n) is 12.0. The normalized spacial score (nSPS) is 11.9. The van der Waals surface area contributed by atoms with E-state index in [1.165, 1.54) is 5.56 Å². The molecule has 1 atom stereocenters. The lowest BCUT2D eigenvalue weighted by Gasteiger charge is -2.23. The van der Waals surface area contributed by atoms with Crippen molar-refractivity contribution in [1.82, 2.24) is 4.90 Å². The number of hydrogen-bond acceptors (Lipinski definition) is 4. The molecule has 0 aliphatic rings. The number of thiophene rings is 1. The minimum absolute atomic E-state index is 0.115. The van der Waals surface area contributed by atoms with Crippen molar-refractivity contribution in [3.63, 3.8) is 0 Å². The van der Waals surface area contributed by atoms with Crippen LogP contribution in [0.1, 0.15) is 18.1 Å². The number of nitrogens with one attached hydrogen (secondary N) is 1. The molecule has 21 heavy (non-hydrogen) atoms. The number of carbonyl (C=O) groups is 1. The Bertz CT molecular complexity index is 646. The van der Waals surface area contributed by atoms with Gasteiger partial charge >= 0.3 is 0 Å². The van der Waals surface area contributed by atoms with Crippen LogP contribution in [-0.4, -0.2) is 23.9 Å². The average molecular weight is 299 g/mol. The lowest BCUT2D eigenvalue weighted by Crippen LogP contribution is -2.39. The quantitative estimate of drug-likeness (QED) is 0.923. The Hall–Kier alpha value is -2.16. The summed E-state index contributed by atoms with van der Waals surface area (Å²) in [6.45, 7) is 2.58. The van der Waals surface area contributed by atoms with Crippen molar-refractivity contribution in [2.75, 3.05) is 12.4 Å². The molecular formula is C16H17N3OS. The van der Waals surface area contributed by atoms with E-state index in [9.17, 15) is 4.79 Å². The second-order valence-corrected chi connectivity index (χ2v) is 5.65. The highest BCUT2D eigenvalue weighted by molar-refractivity contribution is 7.07. The molecule has 2 rings (SSSR count). The summed E-state index contributed by atoms with van der Waals surface area (Å²) in [5, 5.41) is 16.0. The molecule has 1 amide bonds. The Balaban J connectivity index is 2.01. The summed E-state index contributed by atoms with van der Waals surface area (Å²) in [6.07, 6.45) is 0. The minimum Gasteiger partial charge on any atom is -0.324 e. The summed E-state index contributed by atoms with van der Waals surface area (Å²) in [5.74, 6) is -0.115. The third-order valence-corrected chi connectivity index (χ3v) is 4.09. The first-order valence-corrected chi connectivity index (χ1v) is 7.57. The molecular weight excluding hydrogens is 282 g/mol. The highest BCUT2D eigenvalue weighted by Gasteiger charge is 2.19. The fourth-order valence-electron chi connectivity index (χ4n) is 1.93. The maximum Gasteiger partial charge on any atom is 0.241 e. The Labute approximate surface area is 128 Å². The smallest absolute Gasteiger partial charge is 0.241 e. The summed E-state index contributed by atoms with van der Waals surface area (Å²) in [4.78, 5) is 14.3. The van der Waals surface area contributed by atoms with Gasteiger partial charge in [-0.3, -0.25) is 9.69 Å². The van der Waals surface area contributed by atoms with E-state index in [2.05, 4.69) is 22.8 Å². The molecule has 108 valence electrons. The summed E-state index contributed by atoms with van der Waals surface area (Å²) >= 11 is 1.65. The van der Waals surface area contributed by atoms with Crippen LogP contribution in [0.5, 0.6) is 0 Å². The van der Waals surface area contributed by atoms with E-state index in [0.29, 0.717) is 11.3 Å². The molecule has 0 radical (unpaired) electrons. The minimum atomic E-state index is -0.281. The van der Waals surface area contributed by atoms with Crippen molar-refractivity contribution in [1.29, 1.82) is 5.26 Å². The summed E-state index contributed by atoms with van der Waals surface area (Å²) in [6, 6.07) is 10.9. The van der Waals surface area contributed by atoms with Gasteiger partial charge in [-0.25, -0.2) is 0 Å². The molecule has 5 heteroatoms. The van der Waals surface area contributed by atoms with E-state index in [1.54, 1.807) is 35.6 Å². The molecule has 0 spiro atoms. The molecule has 0 fully saturated rings. The molecule has 1 aromatic carbocycles. The average Bonchev–Trinajstić information content (AvgIpc) is 2.99. The molecule has 0 aliphatic carbocycles. The molecule has 2 aromatic rings. The Kier molecular flexibility index (Phi) is 5.09. The number of hydrogen-bond donors (Lipinski definition) is 1. The van der Waals surface area contributed by atoms with Gasteiger partial charge in [0.05, 0.1) is 17.3 Å². The van der Waals surface area contributed by atoms with E-state index >= 15 is 0 Å². The number of carbonyl (C=O) groups excluding carboxylic acids is 1. The van der Waals surface area contributed by atoms with Gasteiger partial charge in [-0.2, -0.15) is 16.6 Å². The molecule has 1 N–H and O–H groups in total. The second-order valence-electron chi connectivity index (χ2n) is 4.87. The van der Waals surface area contributed by atoms with Gasteiger partial charge in [0.1, 0.15) is 6.07 Å². The molecule has 1 aromatic heterocycles. The molecule has 0 bridgehead atoms. The SMILES string of the molecule is C[C@H](C(=O)Nc1ccccc1C#N)N(C)Cc1ccsc1. The van der Waals surface area contributed by atoms with Gasteiger partial charge < -0.3 is 5.32 Å².